The number of nitriles is 1. The van der Waals surface area contributed by atoms with Crippen molar-refractivity contribution in [2.75, 3.05) is 37.5 Å². The highest BCUT2D eigenvalue weighted by Gasteiger charge is 2.46. The van der Waals surface area contributed by atoms with Gasteiger partial charge < -0.3 is 19.9 Å². The van der Waals surface area contributed by atoms with Crippen molar-refractivity contribution >= 4 is 17.4 Å². The van der Waals surface area contributed by atoms with E-state index in [4.69, 9.17) is 19.9 Å². The number of nitrogen functional groups attached to an aromatic ring is 1. The second-order valence-corrected chi connectivity index (χ2v) is 8.92. The van der Waals surface area contributed by atoms with Crippen molar-refractivity contribution < 1.29 is 19.0 Å². The standard InChI is InChI=1S/C24H27N5O4/c1-14-6-7-24(21-15(14)4-5-18(26)16(21)11-25)10-19-17(12-33-24)22(28-23(27-19)31-2)29-8-3-9-32-13-20(29)30/h4-5,14H,3,6-10,12-13,26H2,1-2H3/t14-,24-/m0/s1. The van der Waals surface area contributed by atoms with Crippen molar-refractivity contribution in [1.29, 1.82) is 5.26 Å². The van der Waals surface area contributed by atoms with Gasteiger partial charge in [0.1, 0.15) is 24.1 Å². The van der Waals surface area contributed by atoms with Crippen LogP contribution in [0.5, 0.6) is 6.01 Å². The van der Waals surface area contributed by atoms with E-state index in [1.807, 2.05) is 6.07 Å². The highest BCUT2D eigenvalue weighted by molar-refractivity contribution is 5.94. The molecule has 1 aliphatic carbocycles. The molecule has 1 aromatic carbocycles. The Hall–Kier alpha value is -3.22. The molecule has 33 heavy (non-hydrogen) atoms. The fraction of sp³-hybridized carbons (Fsp3) is 0.500. The SMILES string of the molecule is COc1nc2c(c(N3CCCOCC3=O)n1)CO[C@@]1(CC[C@H](C)c3ccc(N)c(C#N)c31)C2. The summed E-state index contributed by atoms with van der Waals surface area (Å²) in [6, 6.07) is 6.33. The zero-order chi connectivity index (χ0) is 23.2. The van der Waals surface area contributed by atoms with Gasteiger partial charge in [-0.05, 0) is 36.8 Å². The van der Waals surface area contributed by atoms with Crippen LogP contribution in [0.15, 0.2) is 12.1 Å². The lowest BCUT2D eigenvalue weighted by atomic mass is 9.69. The average Bonchev–Trinajstić information content (AvgIpc) is 3.04. The number of hydrogen-bond donors (Lipinski definition) is 1. The maximum atomic E-state index is 12.7. The molecule has 2 aromatic rings. The number of carbonyl (C=O) groups is 1. The number of benzene rings is 1. The molecule has 0 radical (unpaired) electrons. The number of fused-ring (bicyclic) bond motifs is 3. The van der Waals surface area contributed by atoms with Crippen LogP contribution in [0.1, 0.15) is 60.1 Å². The lowest BCUT2D eigenvalue weighted by Gasteiger charge is -2.44. The van der Waals surface area contributed by atoms with E-state index in [2.05, 4.69) is 23.0 Å². The van der Waals surface area contributed by atoms with Crippen LogP contribution in [0, 0.1) is 11.3 Å². The Bertz CT molecular complexity index is 1160. The number of amides is 1. The van der Waals surface area contributed by atoms with Crippen molar-refractivity contribution in [2.24, 2.45) is 0 Å². The van der Waals surface area contributed by atoms with Gasteiger partial charge in [0.2, 0.25) is 0 Å². The van der Waals surface area contributed by atoms with E-state index < -0.39 is 5.60 Å². The number of ether oxygens (including phenoxy) is 3. The number of aromatic nitrogens is 2. The van der Waals surface area contributed by atoms with E-state index in [0.29, 0.717) is 49.0 Å². The van der Waals surface area contributed by atoms with Gasteiger partial charge in [-0.1, -0.05) is 13.0 Å². The summed E-state index contributed by atoms with van der Waals surface area (Å²) >= 11 is 0. The van der Waals surface area contributed by atoms with E-state index in [0.717, 1.165) is 35.2 Å². The summed E-state index contributed by atoms with van der Waals surface area (Å²) in [5.41, 5.74) is 9.93. The molecule has 2 N–H and O–H groups in total. The van der Waals surface area contributed by atoms with Crippen LogP contribution in [-0.4, -0.2) is 42.7 Å². The summed E-state index contributed by atoms with van der Waals surface area (Å²) in [5.74, 6) is 0.667. The van der Waals surface area contributed by atoms with Gasteiger partial charge in [-0.15, -0.1) is 0 Å². The quantitative estimate of drug-likeness (QED) is 0.694. The van der Waals surface area contributed by atoms with E-state index in [1.165, 1.54) is 7.11 Å². The van der Waals surface area contributed by atoms with Gasteiger partial charge in [0.25, 0.3) is 5.91 Å². The molecule has 0 saturated carbocycles. The largest absolute Gasteiger partial charge is 0.467 e. The number of methoxy groups -OCH3 is 1. The first-order chi connectivity index (χ1) is 16.0. The minimum atomic E-state index is -0.710. The minimum Gasteiger partial charge on any atom is -0.467 e. The Labute approximate surface area is 192 Å². The molecule has 9 nitrogen and oxygen atoms in total. The Kier molecular flexibility index (Phi) is 5.43. The molecule has 9 heteroatoms. The Morgan fingerprint density at radius 3 is 2.97 bits per heavy atom. The molecule has 2 atom stereocenters. The third kappa shape index (κ3) is 3.50. The van der Waals surface area contributed by atoms with Crippen LogP contribution in [0.4, 0.5) is 11.5 Å². The summed E-state index contributed by atoms with van der Waals surface area (Å²) < 4.78 is 17.4. The van der Waals surface area contributed by atoms with Crippen LogP contribution in [0.3, 0.4) is 0 Å². The van der Waals surface area contributed by atoms with E-state index in [9.17, 15) is 10.1 Å². The van der Waals surface area contributed by atoms with Crippen LogP contribution in [0.2, 0.25) is 0 Å². The number of nitrogens with two attached hydrogens (primary N) is 1. The van der Waals surface area contributed by atoms with Crippen LogP contribution < -0.4 is 15.4 Å². The topological polar surface area (TPSA) is 124 Å². The van der Waals surface area contributed by atoms with Gasteiger partial charge in [0.05, 0.1) is 25.0 Å². The molecule has 1 fully saturated rings. The number of anilines is 2. The third-order valence-electron chi connectivity index (χ3n) is 6.98. The molecule has 5 rings (SSSR count). The normalized spacial score (nSPS) is 24.6. The molecule has 1 amide bonds. The first-order valence-electron chi connectivity index (χ1n) is 11.3. The molecule has 1 saturated heterocycles. The predicted octanol–water partition coefficient (Wildman–Crippen LogP) is 2.56. The highest BCUT2D eigenvalue weighted by Crippen LogP contribution is 2.51. The van der Waals surface area contributed by atoms with Crippen LogP contribution >= 0.6 is 0 Å². The third-order valence-corrected chi connectivity index (χ3v) is 6.98. The van der Waals surface area contributed by atoms with Crippen molar-refractivity contribution in [3.63, 3.8) is 0 Å². The van der Waals surface area contributed by atoms with Gasteiger partial charge in [0.15, 0.2) is 0 Å². The number of hydrogen-bond acceptors (Lipinski definition) is 8. The van der Waals surface area contributed by atoms with Gasteiger partial charge >= 0.3 is 6.01 Å². The summed E-state index contributed by atoms with van der Waals surface area (Å²) in [5, 5.41) is 9.94. The average molecular weight is 450 g/mol. The molecule has 1 aromatic heterocycles. The Morgan fingerprint density at radius 1 is 1.33 bits per heavy atom. The van der Waals surface area contributed by atoms with E-state index in [-0.39, 0.29) is 25.1 Å². The predicted molar refractivity (Wildman–Crippen MR) is 120 cm³/mol. The maximum Gasteiger partial charge on any atom is 0.318 e. The number of rotatable bonds is 2. The highest BCUT2D eigenvalue weighted by atomic mass is 16.5. The molecular weight excluding hydrogens is 422 g/mol. The lowest BCUT2D eigenvalue weighted by Crippen LogP contribution is -2.42. The fourth-order valence-corrected chi connectivity index (χ4v) is 5.25. The second-order valence-electron chi connectivity index (χ2n) is 8.92. The van der Waals surface area contributed by atoms with Crippen molar-refractivity contribution in [3.05, 3.63) is 40.1 Å². The molecular formula is C24H27N5O4. The van der Waals surface area contributed by atoms with E-state index in [1.54, 1.807) is 11.0 Å². The van der Waals surface area contributed by atoms with Gasteiger partial charge in [0, 0.05) is 36.4 Å². The monoisotopic (exact) mass is 449 g/mol. The van der Waals surface area contributed by atoms with Gasteiger partial charge in [-0.25, -0.2) is 0 Å². The van der Waals surface area contributed by atoms with Crippen molar-refractivity contribution in [3.8, 4) is 12.1 Å². The Balaban J connectivity index is 1.64. The molecule has 2 aliphatic heterocycles. The van der Waals surface area contributed by atoms with Gasteiger partial charge in [-0.3, -0.25) is 9.69 Å². The molecule has 172 valence electrons. The van der Waals surface area contributed by atoms with Crippen LogP contribution in [0.25, 0.3) is 0 Å². The summed E-state index contributed by atoms with van der Waals surface area (Å²) in [6.45, 7) is 3.44. The van der Waals surface area contributed by atoms with Gasteiger partial charge in [-0.2, -0.15) is 15.2 Å². The molecule has 0 bridgehead atoms. The smallest absolute Gasteiger partial charge is 0.318 e. The summed E-state index contributed by atoms with van der Waals surface area (Å²) in [7, 11) is 1.51. The minimum absolute atomic E-state index is 0.0158. The first kappa shape index (κ1) is 21.6. The maximum absolute atomic E-state index is 12.7. The van der Waals surface area contributed by atoms with E-state index >= 15 is 0 Å². The second kappa shape index (κ2) is 8.28. The summed E-state index contributed by atoms with van der Waals surface area (Å²) in [6.07, 6.45) is 2.84. The zero-order valence-corrected chi connectivity index (χ0v) is 18.9. The molecule has 3 heterocycles. The van der Waals surface area contributed by atoms with Crippen LogP contribution in [-0.2, 0) is 32.9 Å². The molecule has 3 aliphatic rings. The number of nitrogens with zero attached hydrogens (tertiary/aromatic N) is 4. The fourth-order valence-electron chi connectivity index (χ4n) is 5.25. The molecule has 1 spiro atoms. The first-order valence-corrected chi connectivity index (χ1v) is 11.3. The zero-order valence-electron chi connectivity index (χ0n) is 18.9. The van der Waals surface area contributed by atoms with Crippen molar-refractivity contribution in [1.82, 2.24) is 9.97 Å². The lowest BCUT2D eigenvalue weighted by molar-refractivity contribution is -0.122. The summed E-state index contributed by atoms with van der Waals surface area (Å²) in [4.78, 5) is 23.6. The Morgan fingerprint density at radius 2 is 2.18 bits per heavy atom. The molecule has 0 unspecified atom stereocenters. The van der Waals surface area contributed by atoms with Crippen molar-refractivity contribution in [2.45, 2.75) is 50.7 Å². The number of carbonyl (C=O) groups excluding carboxylic acids is 1.